The zero-order valence-electron chi connectivity index (χ0n) is 14.2. The van der Waals surface area contributed by atoms with Gasteiger partial charge in [-0.05, 0) is 46.1 Å². The van der Waals surface area contributed by atoms with Gasteiger partial charge in [0.05, 0.1) is 0 Å². The highest BCUT2D eigenvalue weighted by Gasteiger charge is 2.16. The maximum absolute atomic E-state index is 5.32. The maximum atomic E-state index is 5.32. The van der Waals surface area contributed by atoms with Crippen molar-refractivity contribution in [3.05, 3.63) is 0 Å². The van der Waals surface area contributed by atoms with Crippen molar-refractivity contribution in [2.24, 2.45) is 4.99 Å². The number of hydrogen-bond acceptors (Lipinski definition) is 3. The average Bonchev–Trinajstić information content (AvgIpc) is 2.50. The van der Waals surface area contributed by atoms with Crippen LogP contribution >= 0.6 is 0 Å². The summed E-state index contributed by atoms with van der Waals surface area (Å²) in [6.45, 7) is 10.3. The molecule has 0 saturated carbocycles. The van der Waals surface area contributed by atoms with E-state index in [4.69, 9.17) is 4.74 Å². The van der Waals surface area contributed by atoms with Crippen molar-refractivity contribution in [3.63, 3.8) is 0 Å². The Hall–Kier alpha value is -0.810. The number of nitrogens with zero attached hydrogens (tertiary/aromatic N) is 2. The van der Waals surface area contributed by atoms with Crippen LogP contribution in [-0.4, -0.2) is 63.3 Å². The number of likely N-dealkylation sites (tertiary alicyclic amines) is 1. The van der Waals surface area contributed by atoms with Gasteiger partial charge in [0.2, 0.25) is 0 Å². The second-order valence-corrected chi connectivity index (χ2v) is 5.71. The zero-order valence-corrected chi connectivity index (χ0v) is 14.2. The maximum Gasteiger partial charge on any atom is 0.190 e. The number of hydrogen-bond donors (Lipinski definition) is 2. The molecule has 5 nitrogen and oxygen atoms in total. The highest BCUT2D eigenvalue weighted by Crippen LogP contribution is 2.15. The third kappa shape index (κ3) is 8.27. The fraction of sp³-hybridized carbons (Fsp3) is 0.938. The van der Waals surface area contributed by atoms with Crippen molar-refractivity contribution in [2.75, 3.05) is 46.4 Å². The largest absolute Gasteiger partial charge is 0.382 e. The fourth-order valence-corrected chi connectivity index (χ4v) is 2.72. The molecule has 0 radical (unpaired) electrons. The summed E-state index contributed by atoms with van der Waals surface area (Å²) in [6, 6.07) is 0.759. The Morgan fingerprint density at radius 1 is 1.24 bits per heavy atom. The molecule has 1 heterocycles. The average molecular weight is 298 g/mol. The summed E-state index contributed by atoms with van der Waals surface area (Å²) < 4.78 is 5.32. The minimum Gasteiger partial charge on any atom is -0.382 e. The first-order chi connectivity index (χ1) is 10.3. The van der Waals surface area contributed by atoms with Gasteiger partial charge in [-0.15, -0.1) is 0 Å². The normalized spacial score (nSPS) is 20.5. The molecule has 1 atom stereocenters. The van der Waals surface area contributed by atoms with Gasteiger partial charge in [-0.2, -0.15) is 0 Å². The molecule has 0 bridgehead atoms. The van der Waals surface area contributed by atoms with Crippen LogP contribution in [0.5, 0.6) is 0 Å². The first-order valence-electron chi connectivity index (χ1n) is 8.54. The van der Waals surface area contributed by atoms with Crippen LogP contribution in [0.15, 0.2) is 4.99 Å². The van der Waals surface area contributed by atoms with Crippen LogP contribution in [0.4, 0.5) is 0 Å². The van der Waals surface area contributed by atoms with Crippen LogP contribution in [0.25, 0.3) is 0 Å². The molecule has 0 aliphatic carbocycles. The summed E-state index contributed by atoms with van der Waals surface area (Å²) in [5.74, 6) is 0.901. The molecule has 124 valence electrons. The number of piperidine rings is 1. The van der Waals surface area contributed by atoms with E-state index in [0.29, 0.717) is 0 Å². The van der Waals surface area contributed by atoms with Crippen molar-refractivity contribution in [1.29, 1.82) is 0 Å². The van der Waals surface area contributed by atoms with Gasteiger partial charge in [0.25, 0.3) is 0 Å². The molecule has 1 rings (SSSR count). The molecule has 1 unspecified atom stereocenters. The third-order valence-corrected chi connectivity index (χ3v) is 4.04. The molecule has 0 amide bonds. The van der Waals surface area contributed by atoms with E-state index in [9.17, 15) is 0 Å². The van der Waals surface area contributed by atoms with Crippen LogP contribution in [0.1, 0.15) is 46.0 Å². The lowest BCUT2D eigenvalue weighted by Crippen LogP contribution is -2.41. The van der Waals surface area contributed by atoms with E-state index < -0.39 is 0 Å². The number of rotatable bonds is 9. The zero-order chi connectivity index (χ0) is 15.3. The van der Waals surface area contributed by atoms with E-state index in [1.165, 1.54) is 38.8 Å². The van der Waals surface area contributed by atoms with E-state index >= 15 is 0 Å². The molecule has 0 spiro atoms. The number of aliphatic imine (C=N–C) groups is 1. The van der Waals surface area contributed by atoms with Gasteiger partial charge in [-0.1, -0.05) is 6.42 Å². The Balaban J connectivity index is 2.03. The quantitative estimate of drug-likeness (QED) is 0.387. The minimum absolute atomic E-state index is 0.759. The third-order valence-electron chi connectivity index (χ3n) is 4.04. The van der Waals surface area contributed by atoms with E-state index in [-0.39, 0.29) is 0 Å². The van der Waals surface area contributed by atoms with Crippen molar-refractivity contribution in [3.8, 4) is 0 Å². The minimum atomic E-state index is 0.759. The monoisotopic (exact) mass is 298 g/mol. The van der Waals surface area contributed by atoms with Crippen molar-refractivity contribution < 1.29 is 4.74 Å². The SMILES string of the molecule is CCOCCCNC(=NC)NCCCN1CCCCC1C. The molecule has 1 fully saturated rings. The molecular weight excluding hydrogens is 264 g/mol. The Labute approximate surface area is 130 Å². The summed E-state index contributed by atoms with van der Waals surface area (Å²) in [4.78, 5) is 6.86. The Morgan fingerprint density at radius 3 is 2.67 bits per heavy atom. The van der Waals surface area contributed by atoms with Crippen LogP contribution in [-0.2, 0) is 4.74 Å². The van der Waals surface area contributed by atoms with E-state index in [2.05, 4.69) is 27.4 Å². The molecule has 21 heavy (non-hydrogen) atoms. The molecule has 5 heteroatoms. The Morgan fingerprint density at radius 2 is 2.00 bits per heavy atom. The van der Waals surface area contributed by atoms with Crippen molar-refractivity contribution >= 4 is 5.96 Å². The summed E-state index contributed by atoms with van der Waals surface area (Å²) in [5, 5.41) is 6.71. The highest BCUT2D eigenvalue weighted by atomic mass is 16.5. The number of guanidine groups is 1. The van der Waals surface area contributed by atoms with Gasteiger partial charge in [-0.3, -0.25) is 4.99 Å². The summed E-state index contributed by atoms with van der Waals surface area (Å²) in [6.07, 6.45) is 6.30. The van der Waals surface area contributed by atoms with Gasteiger partial charge >= 0.3 is 0 Å². The molecule has 1 saturated heterocycles. The molecule has 2 N–H and O–H groups in total. The molecule has 0 aromatic carbocycles. The lowest BCUT2D eigenvalue weighted by Gasteiger charge is -2.33. The second kappa shape index (κ2) is 11.8. The van der Waals surface area contributed by atoms with E-state index in [1.807, 2.05) is 14.0 Å². The smallest absolute Gasteiger partial charge is 0.190 e. The molecule has 1 aliphatic heterocycles. The van der Waals surface area contributed by atoms with Crippen molar-refractivity contribution in [2.45, 2.75) is 52.0 Å². The predicted octanol–water partition coefficient (Wildman–Crippen LogP) is 1.84. The molecule has 0 aromatic rings. The summed E-state index contributed by atoms with van der Waals surface area (Å²) in [5.41, 5.74) is 0. The van der Waals surface area contributed by atoms with Gasteiger partial charge in [0.15, 0.2) is 5.96 Å². The van der Waals surface area contributed by atoms with Crippen LogP contribution in [0.2, 0.25) is 0 Å². The standard InChI is InChI=1S/C16H34N4O/c1-4-21-14-8-11-19-16(17-3)18-10-7-13-20-12-6-5-9-15(20)2/h15H,4-14H2,1-3H3,(H2,17,18,19). The molecule has 1 aliphatic rings. The van der Waals surface area contributed by atoms with Gasteiger partial charge < -0.3 is 20.3 Å². The molecule has 0 aromatic heterocycles. The van der Waals surface area contributed by atoms with Gasteiger partial charge in [-0.25, -0.2) is 0 Å². The number of ether oxygens (including phenoxy) is 1. The van der Waals surface area contributed by atoms with Crippen LogP contribution in [0, 0.1) is 0 Å². The first-order valence-corrected chi connectivity index (χ1v) is 8.54. The Kier molecular flexibility index (Phi) is 10.3. The topological polar surface area (TPSA) is 48.9 Å². The van der Waals surface area contributed by atoms with Crippen LogP contribution < -0.4 is 10.6 Å². The highest BCUT2D eigenvalue weighted by molar-refractivity contribution is 5.79. The second-order valence-electron chi connectivity index (χ2n) is 5.71. The molecular formula is C16H34N4O. The first kappa shape index (κ1) is 18.2. The van der Waals surface area contributed by atoms with Gasteiger partial charge in [0, 0.05) is 45.9 Å². The summed E-state index contributed by atoms with van der Waals surface area (Å²) >= 11 is 0. The summed E-state index contributed by atoms with van der Waals surface area (Å²) in [7, 11) is 1.82. The lowest BCUT2D eigenvalue weighted by molar-refractivity contribution is 0.145. The fourth-order valence-electron chi connectivity index (χ4n) is 2.72. The van der Waals surface area contributed by atoms with Gasteiger partial charge in [0.1, 0.15) is 0 Å². The van der Waals surface area contributed by atoms with Crippen molar-refractivity contribution in [1.82, 2.24) is 15.5 Å². The van der Waals surface area contributed by atoms with E-state index in [0.717, 1.165) is 44.7 Å². The predicted molar refractivity (Wildman–Crippen MR) is 90.0 cm³/mol. The lowest BCUT2D eigenvalue weighted by atomic mass is 10.0. The Bertz CT molecular complexity index is 283. The van der Waals surface area contributed by atoms with E-state index in [1.54, 1.807) is 0 Å². The van der Waals surface area contributed by atoms with Crippen LogP contribution in [0.3, 0.4) is 0 Å². The number of nitrogens with one attached hydrogen (secondary N) is 2.